The van der Waals surface area contributed by atoms with E-state index in [1.54, 1.807) is 12.1 Å². The number of benzene rings is 2. The second kappa shape index (κ2) is 8.01. The van der Waals surface area contributed by atoms with Crippen molar-refractivity contribution < 1.29 is 9.18 Å². The Bertz CT molecular complexity index is 793. The third-order valence-electron chi connectivity index (χ3n) is 4.92. The van der Waals surface area contributed by atoms with E-state index in [2.05, 4.69) is 27.2 Å². The highest BCUT2D eigenvalue weighted by Gasteiger charge is 2.28. The molecule has 2 aliphatic rings. The molecule has 142 valence electrons. The zero-order valence-corrected chi connectivity index (χ0v) is 14.8. The molecule has 0 radical (unpaired) electrons. The molecule has 0 bridgehead atoms. The SMILES string of the molecule is O=C(c1ccccc1C1NNNN1)N1CCCC(Nc2ccc(F)cc2)C1. The molecule has 2 aliphatic heterocycles. The molecule has 7 nitrogen and oxygen atoms in total. The monoisotopic (exact) mass is 370 g/mol. The van der Waals surface area contributed by atoms with Gasteiger partial charge in [0.15, 0.2) is 0 Å². The maximum atomic E-state index is 13.2. The summed E-state index contributed by atoms with van der Waals surface area (Å²) in [5, 5.41) is 3.41. The largest absolute Gasteiger partial charge is 0.381 e. The van der Waals surface area contributed by atoms with Gasteiger partial charge >= 0.3 is 0 Å². The van der Waals surface area contributed by atoms with Crippen LogP contribution in [0.1, 0.15) is 34.9 Å². The summed E-state index contributed by atoms with van der Waals surface area (Å²) in [5.41, 5.74) is 14.1. The van der Waals surface area contributed by atoms with Gasteiger partial charge in [-0.25, -0.2) is 15.2 Å². The highest BCUT2D eigenvalue weighted by atomic mass is 19.1. The predicted octanol–water partition coefficient (Wildman–Crippen LogP) is 1.66. The van der Waals surface area contributed by atoms with Gasteiger partial charge in [-0.1, -0.05) is 18.2 Å². The molecular weight excluding hydrogens is 347 g/mol. The van der Waals surface area contributed by atoms with Gasteiger partial charge in [0.05, 0.1) is 0 Å². The van der Waals surface area contributed by atoms with E-state index in [0.717, 1.165) is 30.6 Å². The van der Waals surface area contributed by atoms with Crippen LogP contribution < -0.4 is 27.2 Å². The zero-order valence-electron chi connectivity index (χ0n) is 14.8. The number of rotatable bonds is 4. The first-order valence-electron chi connectivity index (χ1n) is 9.12. The van der Waals surface area contributed by atoms with Gasteiger partial charge in [-0.05, 0) is 48.7 Å². The number of carbonyl (C=O) groups is 1. The van der Waals surface area contributed by atoms with Crippen molar-refractivity contribution in [2.24, 2.45) is 0 Å². The topological polar surface area (TPSA) is 80.5 Å². The number of likely N-dealkylation sites (tertiary alicyclic amines) is 1. The number of piperidine rings is 1. The molecule has 8 heteroatoms. The van der Waals surface area contributed by atoms with Crippen LogP contribution in [0, 0.1) is 5.82 Å². The summed E-state index contributed by atoms with van der Waals surface area (Å²) in [7, 11) is 0. The van der Waals surface area contributed by atoms with Crippen LogP contribution >= 0.6 is 0 Å². The minimum absolute atomic E-state index is 0.0201. The summed E-state index contributed by atoms with van der Waals surface area (Å²) in [4.78, 5) is 15.1. The molecule has 2 saturated heterocycles. The van der Waals surface area contributed by atoms with Crippen LogP contribution in [0.25, 0.3) is 0 Å². The van der Waals surface area contributed by atoms with Gasteiger partial charge in [0.25, 0.3) is 5.91 Å². The maximum absolute atomic E-state index is 13.2. The molecule has 2 heterocycles. The summed E-state index contributed by atoms with van der Waals surface area (Å²) < 4.78 is 13.1. The maximum Gasteiger partial charge on any atom is 0.254 e. The van der Waals surface area contributed by atoms with Gasteiger partial charge in [0.2, 0.25) is 0 Å². The first kappa shape index (κ1) is 17.9. The lowest BCUT2D eigenvalue weighted by Crippen LogP contribution is -2.45. The van der Waals surface area contributed by atoms with Crippen molar-refractivity contribution >= 4 is 11.6 Å². The Kier molecular flexibility index (Phi) is 5.30. The Morgan fingerprint density at radius 2 is 1.81 bits per heavy atom. The number of anilines is 1. The van der Waals surface area contributed by atoms with E-state index in [9.17, 15) is 9.18 Å². The van der Waals surface area contributed by atoms with Gasteiger partial charge in [-0.2, -0.15) is 11.1 Å². The van der Waals surface area contributed by atoms with Crippen molar-refractivity contribution in [2.45, 2.75) is 25.0 Å². The number of hydrogen-bond acceptors (Lipinski definition) is 6. The quantitative estimate of drug-likeness (QED) is 0.563. The molecule has 27 heavy (non-hydrogen) atoms. The smallest absolute Gasteiger partial charge is 0.254 e. The molecule has 1 atom stereocenters. The van der Waals surface area contributed by atoms with Crippen LogP contribution in [0.15, 0.2) is 48.5 Å². The number of nitrogens with zero attached hydrogens (tertiary/aromatic N) is 1. The summed E-state index contributed by atoms with van der Waals surface area (Å²) in [6.07, 6.45) is 1.71. The van der Waals surface area contributed by atoms with Gasteiger partial charge < -0.3 is 10.2 Å². The van der Waals surface area contributed by atoms with Crippen molar-refractivity contribution in [2.75, 3.05) is 18.4 Å². The van der Waals surface area contributed by atoms with Gasteiger partial charge in [-0.15, -0.1) is 0 Å². The predicted molar refractivity (Wildman–Crippen MR) is 101 cm³/mol. The third-order valence-corrected chi connectivity index (χ3v) is 4.92. The van der Waals surface area contributed by atoms with Crippen LogP contribution in [0.5, 0.6) is 0 Å². The summed E-state index contributed by atoms with van der Waals surface area (Å²) >= 11 is 0. The van der Waals surface area contributed by atoms with Crippen molar-refractivity contribution in [3.05, 3.63) is 65.5 Å². The molecule has 0 aromatic heterocycles. The average molecular weight is 370 g/mol. The molecule has 0 aliphatic carbocycles. The lowest BCUT2D eigenvalue weighted by molar-refractivity contribution is 0.0712. The van der Waals surface area contributed by atoms with Crippen LogP contribution in [0.4, 0.5) is 10.1 Å². The van der Waals surface area contributed by atoms with E-state index < -0.39 is 0 Å². The van der Waals surface area contributed by atoms with E-state index in [1.807, 2.05) is 29.2 Å². The Labute approximate surface area is 157 Å². The summed E-state index contributed by atoms with van der Waals surface area (Å²) in [5.74, 6) is -0.234. The molecule has 2 fully saturated rings. The number of nitrogens with one attached hydrogen (secondary N) is 5. The molecule has 0 spiro atoms. The van der Waals surface area contributed by atoms with Crippen LogP contribution in [-0.2, 0) is 0 Å². The fraction of sp³-hybridized carbons (Fsp3) is 0.316. The van der Waals surface area contributed by atoms with E-state index in [0.29, 0.717) is 12.1 Å². The minimum atomic E-state index is -0.254. The number of hydrogen-bond donors (Lipinski definition) is 5. The third kappa shape index (κ3) is 4.09. The van der Waals surface area contributed by atoms with Crippen molar-refractivity contribution in [3.8, 4) is 0 Å². The molecule has 2 aromatic rings. The Balaban J connectivity index is 1.46. The average Bonchev–Trinajstić information content (AvgIpc) is 3.24. The number of halogens is 1. The van der Waals surface area contributed by atoms with Gasteiger partial charge in [0.1, 0.15) is 12.0 Å². The highest BCUT2D eigenvalue weighted by Crippen LogP contribution is 2.22. The fourth-order valence-electron chi connectivity index (χ4n) is 3.58. The van der Waals surface area contributed by atoms with E-state index in [1.165, 1.54) is 12.1 Å². The standard InChI is InChI=1S/C19H23FN6O/c20-13-7-9-14(10-8-13)21-15-4-3-11-26(12-15)19(27)17-6-2-1-5-16(17)18-22-24-25-23-18/h1-2,5-10,15,18,21-25H,3-4,11-12H2. The first-order chi connectivity index (χ1) is 13.2. The zero-order chi connectivity index (χ0) is 18.6. The lowest BCUT2D eigenvalue weighted by atomic mass is 10.0. The molecule has 1 amide bonds. The van der Waals surface area contributed by atoms with E-state index >= 15 is 0 Å². The second-order valence-electron chi connectivity index (χ2n) is 6.80. The minimum Gasteiger partial charge on any atom is -0.381 e. The summed E-state index contributed by atoms with van der Waals surface area (Å²) in [6, 6.07) is 14.1. The number of hydrazine groups is 3. The first-order valence-corrected chi connectivity index (χ1v) is 9.12. The van der Waals surface area contributed by atoms with Crippen molar-refractivity contribution in [1.29, 1.82) is 0 Å². The van der Waals surface area contributed by atoms with Gasteiger partial charge in [0, 0.05) is 30.4 Å². The van der Waals surface area contributed by atoms with Crippen LogP contribution in [0.2, 0.25) is 0 Å². The molecule has 0 saturated carbocycles. The van der Waals surface area contributed by atoms with Crippen molar-refractivity contribution in [1.82, 2.24) is 26.8 Å². The molecular formula is C19H23FN6O. The Morgan fingerprint density at radius 3 is 2.59 bits per heavy atom. The molecule has 1 unspecified atom stereocenters. The van der Waals surface area contributed by atoms with Gasteiger partial charge in [-0.3, -0.25) is 4.79 Å². The van der Waals surface area contributed by atoms with E-state index in [4.69, 9.17) is 0 Å². The Hall–Kier alpha value is -2.52. The summed E-state index contributed by atoms with van der Waals surface area (Å²) in [6.45, 7) is 1.35. The van der Waals surface area contributed by atoms with E-state index in [-0.39, 0.29) is 23.9 Å². The molecule has 2 aromatic carbocycles. The number of amides is 1. The lowest BCUT2D eigenvalue weighted by Gasteiger charge is -2.34. The highest BCUT2D eigenvalue weighted by molar-refractivity contribution is 5.96. The van der Waals surface area contributed by atoms with Crippen LogP contribution in [-0.4, -0.2) is 29.9 Å². The second-order valence-corrected chi connectivity index (χ2v) is 6.80. The number of carbonyl (C=O) groups excluding carboxylic acids is 1. The molecule has 4 rings (SSSR count). The fourth-order valence-corrected chi connectivity index (χ4v) is 3.58. The Morgan fingerprint density at radius 1 is 1.07 bits per heavy atom. The normalized spacial score (nSPS) is 20.6. The van der Waals surface area contributed by atoms with Crippen molar-refractivity contribution in [3.63, 3.8) is 0 Å². The molecule has 5 N–H and O–H groups in total. The van der Waals surface area contributed by atoms with Crippen LogP contribution in [0.3, 0.4) is 0 Å².